The lowest BCUT2D eigenvalue weighted by atomic mass is 9.67. The van der Waals surface area contributed by atoms with Crippen molar-refractivity contribution in [2.24, 2.45) is 17.3 Å². The van der Waals surface area contributed by atoms with Crippen molar-refractivity contribution in [2.75, 3.05) is 0 Å². The average Bonchev–Trinajstić information content (AvgIpc) is 2.13. The first-order valence-corrected chi connectivity index (χ1v) is 6.03. The van der Waals surface area contributed by atoms with Crippen LogP contribution in [0.3, 0.4) is 0 Å². The maximum absolute atomic E-state index is 2.43. The molecule has 1 unspecified atom stereocenters. The second-order valence-corrected chi connectivity index (χ2v) is 4.93. The first-order valence-electron chi connectivity index (χ1n) is 6.03. The van der Waals surface area contributed by atoms with Gasteiger partial charge < -0.3 is 0 Å². The molecule has 13 heavy (non-hydrogen) atoms. The third-order valence-corrected chi connectivity index (χ3v) is 3.97. The van der Waals surface area contributed by atoms with Crippen LogP contribution in [-0.2, 0) is 0 Å². The minimum Gasteiger partial charge on any atom is -0.0651 e. The fraction of sp³-hybridized carbons (Fsp3) is 1.00. The summed E-state index contributed by atoms with van der Waals surface area (Å²) < 4.78 is 0. The lowest BCUT2D eigenvalue weighted by molar-refractivity contribution is 0.120. The third-order valence-electron chi connectivity index (χ3n) is 3.97. The highest BCUT2D eigenvalue weighted by Gasteiger charge is 2.30. The molecule has 0 aromatic rings. The average molecular weight is 184 g/mol. The van der Waals surface area contributed by atoms with Crippen LogP contribution in [0.25, 0.3) is 0 Å². The van der Waals surface area contributed by atoms with Gasteiger partial charge in [-0.2, -0.15) is 0 Å². The Bertz CT molecular complexity index is 120. The van der Waals surface area contributed by atoms with Crippen molar-refractivity contribution in [3.8, 4) is 0 Å². The van der Waals surface area contributed by atoms with Gasteiger partial charge in [0, 0.05) is 0 Å². The maximum atomic E-state index is 2.43. The van der Waals surface area contributed by atoms with Crippen LogP contribution in [0.15, 0.2) is 0 Å². The van der Waals surface area contributed by atoms with E-state index in [0.717, 1.165) is 11.8 Å². The molecule has 0 N–H and O–H groups in total. The molecule has 0 radical (unpaired) electrons. The predicted octanol–water partition coefficient (Wildman–Crippen LogP) is 4.89. The van der Waals surface area contributed by atoms with Gasteiger partial charge in [0.25, 0.3) is 0 Å². The highest BCUT2D eigenvalue weighted by molar-refractivity contribution is 4.80. The molecular formula is C13H28. The largest absolute Gasteiger partial charge is 0.0651 e. The van der Waals surface area contributed by atoms with Crippen molar-refractivity contribution >= 4 is 0 Å². The number of hydrogen-bond acceptors (Lipinski definition) is 0. The molecule has 0 aliphatic heterocycles. The van der Waals surface area contributed by atoms with E-state index >= 15 is 0 Å². The molecule has 0 aromatic heterocycles. The van der Waals surface area contributed by atoms with E-state index in [1.807, 2.05) is 0 Å². The molecule has 0 heteroatoms. The fourth-order valence-electron chi connectivity index (χ4n) is 2.64. The first kappa shape index (κ1) is 13.0. The van der Waals surface area contributed by atoms with Crippen LogP contribution >= 0.6 is 0 Å². The SMILES string of the molecule is CCC(CC)C(CC)C(C)(C)CC. The molecule has 0 saturated carbocycles. The third kappa shape index (κ3) is 3.32. The molecule has 1 atom stereocenters. The molecule has 0 spiro atoms. The van der Waals surface area contributed by atoms with Crippen molar-refractivity contribution in [2.45, 2.75) is 67.2 Å². The molecule has 0 amide bonds. The van der Waals surface area contributed by atoms with E-state index in [2.05, 4.69) is 41.5 Å². The van der Waals surface area contributed by atoms with Crippen LogP contribution in [0.2, 0.25) is 0 Å². The zero-order valence-corrected chi connectivity index (χ0v) is 10.5. The quantitative estimate of drug-likeness (QED) is 0.551. The lowest BCUT2D eigenvalue weighted by Gasteiger charge is -2.38. The second-order valence-electron chi connectivity index (χ2n) is 4.93. The van der Waals surface area contributed by atoms with Gasteiger partial charge in [0.1, 0.15) is 0 Å². The van der Waals surface area contributed by atoms with E-state index in [1.165, 1.54) is 25.7 Å². The predicted molar refractivity (Wildman–Crippen MR) is 61.9 cm³/mol. The molecule has 0 nitrogen and oxygen atoms in total. The summed E-state index contributed by atoms with van der Waals surface area (Å²) in [6.45, 7) is 14.2. The molecule has 0 saturated heterocycles. The smallest absolute Gasteiger partial charge is 0.0326 e. The minimum absolute atomic E-state index is 0.533. The van der Waals surface area contributed by atoms with Gasteiger partial charge in [-0.15, -0.1) is 0 Å². The molecule has 0 aliphatic rings. The van der Waals surface area contributed by atoms with Crippen LogP contribution in [0.1, 0.15) is 67.2 Å². The highest BCUT2D eigenvalue weighted by atomic mass is 14.4. The van der Waals surface area contributed by atoms with Crippen LogP contribution in [0.4, 0.5) is 0 Å². The van der Waals surface area contributed by atoms with Gasteiger partial charge in [-0.1, -0.05) is 67.2 Å². The molecule has 0 rings (SSSR count). The Morgan fingerprint density at radius 2 is 1.31 bits per heavy atom. The van der Waals surface area contributed by atoms with Gasteiger partial charge in [0.15, 0.2) is 0 Å². The molecule has 80 valence electrons. The summed E-state index contributed by atoms with van der Waals surface area (Å²) in [6, 6.07) is 0. The van der Waals surface area contributed by atoms with Crippen LogP contribution in [0, 0.1) is 17.3 Å². The number of rotatable bonds is 6. The lowest BCUT2D eigenvalue weighted by Crippen LogP contribution is -2.29. The standard InChI is InChI=1S/C13H28/c1-7-11(8-2)12(9-3)13(5,6)10-4/h11-12H,7-10H2,1-6H3. The summed E-state index contributed by atoms with van der Waals surface area (Å²) in [5, 5.41) is 0. The van der Waals surface area contributed by atoms with Crippen LogP contribution in [0.5, 0.6) is 0 Å². The zero-order chi connectivity index (χ0) is 10.5. The summed E-state index contributed by atoms with van der Waals surface area (Å²) >= 11 is 0. The van der Waals surface area contributed by atoms with Crippen LogP contribution < -0.4 is 0 Å². The Morgan fingerprint density at radius 1 is 0.846 bits per heavy atom. The van der Waals surface area contributed by atoms with E-state index in [0.29, 0.717) is 5.41 Å². The maximum Gasteiger partial charge on any atom is -0.0326 e. The number of hydrogen-bond donors (Lipinski definition) is 0. The van der Waals surface area contributed by atoms with Gasteiger partial charge >= 0.3 is 0 Å². The molecule has 0 aromatic carbocycles. The van der Waals surface area contributed by atoms with E-state index < -0.39 is 0 Å². The Balaban J connectivity index is 4.46. The van der Waals surface area contributed by atoms with Gasteiger partial charge in [0.2, 0.25) is 0 Å². The van der Waals surface area contributed by atoms with Crippen molar-refractivity contribution in [1.29, 1.82) is 0 Å². The summed E-state index contributed by atoms with van der Waals surface area (Å²) in [5.74, 6) is 1.84. The van der Waals surface area contributed by atoms with E-state index in [4.69, 9.17) is 0 Å². The summed E-state index contributed by atoms with van der Waals surface area (Å²) in [4.78, 5) is 0. The summed E-state index contributed by atoms with van der Waals surface area (Å²) in [6.07, 6.45) is 5.34. The Kier molecular flexibility index (Phi) is 5.67. The first-order chi connectivity index (χ1) is 6.03. The Labute approximate surface area is 85.1 Å². The zero-order valence-electron chi connectivity index (χ0n) is 10.5. The van der Waals surface area contributed by atoms with E-state index in [1.54, 1.807) is 0 Å². The van der Waals surface area contributed by atoms with Crippen molar-refractivity contribution in [3.63, 3.8) is 0 Å². The normalized spacial score (nSPS) is 15.0. The van der Waals surface area contributed by atoms with Crippen molar-refractivity contribution < 1.29 is 0 Å². The Morgan fingerprint density at radius 3 is 1.54 bits per heavy atom. The van der Waals surface area contributed by atoms with Crippen molar-refractivity contribution in [3.05, 3.63) is 0 Å². The molecule has 0 fully saturated rings. The molecule has 0 aliphatic carbocycles. The van der Waals surface area contributed by atoms with Crippen molar-refractivity contribution in [1.82, 2.24) is 0 Å². The second kappa shape index (κ2) is 5.67. The molecular weight excluding hydrogens is 156 g/mol. The topological polar surface area (TPSA) is 0 Å². The van der Waals surface area contributed by atoms with Gasteiger partial charge in [-0.25, -0.2) is 0 Å². The van der Waals surface area contributed by atoms with Crippen LogP contribution in [-0.4, -0.2) is 0 Å². The minimum atomic E-state index is 0.533. The molecule has 0 bridgehead atoms. The van der Waals surface area contributed by atoms with Gasteiger partial charge in [-0.3, -0.25) is 0 Å². The fourth-order valence-corrected chi connectivity index (χ4v) is 2.64. The van der Waals surface area contributed by atoms with Gasteiger partial charge in [0.05, 0.1) is 0 Å². The van der Waals surface area contributed by atoms with E-state index in [9.17, 15) is 0 Å². The van der Waals surface area contributed by atoms with E-state index in [-0.39, 0.29) is 0 Å². The summed E-state index contributed by atoms with van der Waals surface area (Å²) in [5.41, 5.74) is 0.533. The highest BCUT2D eigenvalue weighted by Crippen LogP contribution is 2.40. The monoisotopic (exact) mass is 184 g/mol. The molecule has 0 heterocycles. The Hall–Kier alpha value is 0. The van der Waals surface area contributed by atoms with Gasteiger partial charge in [-0.05, 0) is 17.3 Å². The summed E-state index contributed by atoms with van der Waals surface area (Å²) in [7, 11) is 0.